The normalized spacial score (nSPS) is 17.2. The van der Waals surface area contributed by atoms with E-state index in [9.17, 15) is 9.59 Å². The first kappa shape index (κ1) is 16.5. The van der Waals surface area contributed by atoms with Gasteiger partial charge in [-0.05, 0) is 37.0 Å². The summed E-state index contributed by atoms with van der Waals surface area (Å²) in [6.45, 7) is 2.18. The van der Waals surface area contributed by atoms with Crippen LogP contribution in [0.1, 0.15) is 35.2 Å². The van der Waals surface area contributed by atoms with Crippen molar-refractivity contribution in [2.75, 3.05) is 19.7 Å². The summed E-state index contributed by atoms with van der Waals surface area (Å²) in [5.41, 5.74) is 7.12. The Bertz CT molecular complexity index is 496. The molecule has 1 atom stereocenters. The molecule has 6 heteroatoms. The van der Waals surface area contributed by atoms with Gasteiger partial charge in [-0.3, -0.25) is 9.59 Å². The average molecular weight is 305 g/mol. The molecule has 1 unspecified atom stereocenters. The van der Waals surface area contributed by atoms with Crippen molar-refractivity contribution < 1.29 is 14.3 Å². The van der Waals surface area contributed by atoms with Gasteiger partial charge in [-0.2, -0.15) is 0 Å². The molecule has 2 amide bonds. The summed E-state index contributed by atoms with van der Waals surface area (Å²) in [6, 6.07) is 7.21. The van der Waals surface area contributed by atoms with Crippen molar-refractivity contribution in [2.45, 2.75) is 31.9 Å². The predicted octanol–water partition coefficient (Wildman–Crippen LogP) is 0.560. The average Bonchev–Trinajstić information content (AvgIpc) is 3.09. The molecule has 22 heavy (non-hydrogen) atoms. The molecule has 1 heterocycles. The molecule has 1 aromatic carbocycles. The third-order valence-corrected chi connectivity index (χ3v) is 3.61. The van der Waals surface area contributed by atoms with Gasteiger partial charge < -0.3 is 21.1 Å². The second kappa shape index (κ2) is 8.51. The van der Waals surface area contributed by atoms with Gasteiger partial charge in [0.2, 0.25) is 5.91 Å². The molecule has 0 radical (unpaired) electrons. The van der Waals surface area contributed by atoms with Crippen LogP contribution in [0.4, 0.5) is 0 Å². The van der Waals surface area contributed by atoms with E-state index in [-0.39, 0.29) is 17.9 Å². The van der Waals surface area contributed by atoms with Crippen LogP contribution < -0.4 is 16.4 Å². The van der Waals surface area contributed by atoms with Crippen molar-refractivity contribution >= 4 is 11.8 Å². The second-order valence-electron chi connectivity index (χ2n) is 5.30. The Labute approximate surface area is 130 Å². The molecule has 0 saturated carbocycles. The van der Waals surface area contributed by atoms with Gasteiger partial charge in [0, 0.05) is 31.8 Å². The van der Waals surface area contributed by atoms with Gasteiger partial charge in [0.05, 0.1) is 0 Å². The van der Waals surface area contributed by atoms with Crippen molar-refractivity contribution in [3.05, 3.63) is 35.4 Å². The molecule has 0 aliphatic carbocycles. The summed E-state index contributed by atoms with van der Waals surface area (Å²) in [4.78, 5) is 23.6. The molecular weight excluding hydrogens is 282 g/mol. The van der Waals surface area contributed by atoms with Crippen molar-refractivity contribution in [2.24, 2.45) is 5.73 Å². The molecule has 0 bridgehead atoms. The number of nitrogens with one attached hydrogen (secondary N) is 2. The Hall–Kier alpha value is -1.92. The van der Waals surface area contributed by atoms with Gasteiger partial charge in [-0.15, -0.1) is 0 Å². The minimum atomic E-state index is -0.296. The number of benzene rings is 1. The molecule has 1 aromatic rings. The standard InChI is InChI=1S/C16H23N3O3/c17-11-12-4-6-13(7-5-12)15(20)18-8-2-9-19-16(21)14-3-1-10-22-14/h4-7,14H,1-3,8-11,17H2,(H,18,20)(H,19,21). The monoisotopic (exact) mass is 305 g/mol. The van der Waals surface area contributed by atoms with Crippen LogP contribution in [0.2, 0.25) is 0 Å². The topological polar surface area (TPSA) is 93.5 Å². The number of hydrogen-bond acceptors (Lipinski definition) is 4. The molecule has 0 aromatic heterocycles. The summed E-state index contributed by atoms with van der Waals surface area (Å²) in [6.07, 6.45) is 2.12. The highest BCUT2D eigenvalue weighted by molar-refractivity contribution is 5.94. The van der Waals surface area contributed by atoms with Crippen molar-refractivity contribution in [1.29, 1.82) is 0 Å². The molecule has 1 fully saturated rings. The van der Waals surface area contributed by atoms with Crippen LogP contribution >= 0.6 is 0 Å². The Morgan fingerprint density at radius 2 is 1.91 bits per heavy atom. The Morgan fingerprint density at radius 3 is 2.55 bits per heavy atom. The molecular formula is C16H23N3O3. The van der Waals surface area contributed by atoms with Crippen molar-refractivity contribution in [3.63, 3.8) is 0 Å². The summed E-state index contributed by atoms with van der Waals surface area (Å²) < 4.78 is 5.30. The first-order chi connectivity index (χ1) is 10.7. The number of carbonyl (C=O) groups is 2. The fraction of sp³-hybridized carbons (Fsp3) is 0.500. The lowest BCUT2D eigenvalue weighted by Crippen LogP contribution is -2.36. The maximum absolute atomic E-state index is 11.9. The van der Waals surface area contributed by atoms with E-state index in [0.717, 1.165) is 18.4 Å². The van der Waals surface area contributed by atoms with Crippen molar-refractivity contribution in [1.82, 2.24) is 10.6 Å². The smallest absolute Gasteiger partial charge is 0.251 e. The Balaban J connectivity index is 1.61. The van der Waals surface area contributed by atoms with E-state index in [1.807, 2.05) is 12.1 Å². The molecule has 4 N–H and O–H groups in total. The van der Waals surface area contributed by atoms with E-state index in [4.69, 9.17) is 10.5 Å². The van der Waals surface area contributed by atoms with Crippen LogP contribution in [0.3, 0.4) is 0 Å². The fourth-order valence-electron chi connectivity index (χ4n) is 2.29. The van der Waals surface area contributed by atoms with Crippen LogP contribution in [0.15, 0.2) is 24.3 Å². The minimum Gasteiger partial charge on any atom is -0.368 e. The van der Waals surface area contributed by atoms with Gasteiger partial charge in [0.1, 0.15) is 6.10 Å². The number of amides is 2. The molecule has 1 aliphatic rings. The largest absolute Gasteiger partial charge is 0.368 e. The third-order valence-electron chi connectivity index (χ3n) is 3.61. The zero-order chi connectivity index (χ0) is 15.8. The number of ether oxygens (including phenoxy) is 1. The quantitative estimate of drug-likeness (QED) is 0.642. The van der Waals surface area contributed by atoms with E-state index in [2.05, 4.69) is 10.6 Å². The molecule has 1 aliphatic heterocycles. The number of hydrogen-bond donors (Lipinski definition) is 3. The molecule has 120 valence electrons. The van der Waals surface area contributed by atoms with Crippen LogP contribution in [-0.4, -0.2) is 37.6 Å². The van der Waals surface area contributed by atoms with E-state index < -0.39 is 0 Å². The second-order valence-corrected chi connectivity index (χ2v) is 5.30. The van der Waals surface area contributed by atoms with Crippen LogP contribution in [0.25, 0.3) is 0 Å². The first-order valence-corrected chi connectivity index (χ1v) is 7.67. The molecule has 6 nitrogen and oxygen atoms in total. The molecule has 0 spiro atoms. The predicted molar refractivity (Wildman–Crippen MR) is 83.3 cm³/mol. The van der Waals surface area contributed by atoms with Crippen LogP contribution in [-0.2, 0) is 16.1 Å². The van der Waals surface area contributed by atoms with Crippen molar-refractivity contribution in [3.8, 4) is 0 Å². The van der Waals surface area contributed by atoms with E-state index in [0.29, 0.717) is 38.2 Å². The lowest BCUT2D eigenvalue weighted by atomic mass is 10.1. The van der Waals surface area contributed by atoms with Crippen LogP contribution in [0.5, 0.6) is 0 Å². The minimum absolute atomic E-state index is 0.0544. The van der Waals surface area contributed by atoms with Gasteiger partial charge in [-0.25, -0.2) is 0 Å². The highest BCUT2D eigenvalue weighted by Crippen LogP contribution is 2.11. The van der Waals surface area contributed by atoms with E-state index in [1.54, 1.807) is 12.1 Å². The van der Waals surface area contributed by atoms with Gasteiger partial charge in [0.25, 0.3) is 5.91 Å². The lowest BCUT2D eigenvalue weighted by molar-refractivity contribution is -0.130. The molecule has 2 rings (SSSR count). The zero-order valence-corrected chi connectivity index (χ0v) is 12.6. The third kappa shape index (κ3) is 4.82. The van der Waals surface area contributed by atoms with E-state index >= 15 is 0 Å². The number of rotatable bonds is 7. The fourth-order valence-corrected chi connectivity index (χ4v) is 2.29. The highest BCUT2D eigenvalue weighted by Gasteiger charge is 2.22. The Kier molecular flexibility index (Phi) is 6.36. The van der Waals surface area contributed by atoms with E-state index in [1.165, 1.54) is 0 Å². The molecule has 1 saturated heterocycles. The summed E-state index contributed by atoms with van der Waals surface area (Å²) in [5.74, 6) is -0.171. The van der Waals surface area contributed by atoms with Gasteiger partial charge in [0.15, 0.2) is 0 Å². The Morgan fingerprint density at radius 1 is 1.18 bits per heavy atom. The zero-order valence-electron chi connectivity index (χ0n) is 12.6. The van der Waals surface area contributed by atoms with Gasteiger partial charge >= 0.3 is 0 Å². The lowest BCUT2D eigenvalue weighted by Gasteiger charge is -2.10. The number of carbonyl (C=O) groups excluding carboxylic acids is 2. The van der Waals surface area contributed by atoms with Gasteiger partial charge in [-0.1, -0.05) is 12.1 Å². The highest BCUT2D eigenvalue weighted by atomic mass is 16.5. The maximum Gasteiger partial charge on any atom is 0.251 e. The SMILES string of the molecule is NCc1ccc(C(=O)NCCCNC(=O)C2CCCO2)cc1. The van der Waals surface area contributed by atoms with Crippen LogP contribution in [0, 0.1) is 0 Å². The summed E-state index contributed by atoms with van der Waals surface area (Å²) in [7, 11) is 0. The first-order valence-electron chi connectivity index (χ1n) is 7.67. The maximum atomic E-state index is 11.9. The summed E-state index contributed by atoms with van der Waals surface area (Å²) >= 11 is 0. The summed E-state index contributed by atoms with van der Waals surface area (Å²) in [5, 5.41) is 5.65. The number of nitrogens with two attached hydrogens (primary N) is 1.